The van der Waals surface area contributed by atoms with Crippen LogP contribution in [0.15, 0.2) is 0 Å². The molecule has 1 fully saturated rings. The zero-order valence-corrected chi connectivity index (χ0v) is 12.6. The quantitative estimate of drug-likeness (QED) is 0.588. The van der Waals surface area contributed by atoms with E-state index in [1.54, 1.807) is 0 Å². The first-order valence-corrected chi connectivity index (χ1v) is 7.92. The minimum absolute atomic E-state index is 0.176. The van der Waals surface area contributed by atoms with Crippen LogP contribution in [0.3, 0.4) is 0 Å². The molecule has 3 atom stereocenters. The molecule has 4 heteroatoms. The third kappa shape index (κ3) is 5.78. The Balaban J connectivity index is 2.55. The van der Waals surface area contributed by atoms with Gasteiger partial charge in [-0.2, -0.15) is 0 Å². The summed E-state index contributed by atoms with van der Waals surface area (Å²) in [4.78, 5) is 2.20. The van der Waals surface area contributed by atoms with Gasteiger partial charge >= 0.3 is 0 Å². The normalized spacial score (nSPS) is 27.9. The van der Waals surface area contributed by atoms with Crippen molar-refractivity contribution in [2.75, 3.05) is 39.4 Å². The zero-order chi connectivity index (χ0) is 14.1. The molecular weight excluding hydrogens is 240 g/mol. The highest BCUT2D eigenvalue weighted by atomic mass is 16.3. The predicted octanol–water partition coefficient (Wildman–Crippen LogP) is 1.08. The average Bonchev–Trinajstić information content (AvgIpc) is 2.41. The second-order valence-electron chi connectivity index (χ2n) is 5.76. The van der Waals surface area contributed by atoms with Gasteiger partial charge in [0.25, 0.3) is 0 Å². The summed E-state index contributed by atoms with van der Waals surface area (Å²) in [6, 6.07) is 0.604. The standard InChI is InChI=1S/C15H32N2O2/c1-3-13-5-6-15(16-4-2)14(11-13)12-17(7-9-18)8-10-19/h13-16,18-19H,3-12H2,1-2H3. The van der Waals surface area contributed by atoms with Crippen LogP contribution in [0, 0.1) is 11.8 Å². The van der Waals surface area contributed by atoms with Crippen molar-refractivity contribution in [3.05, 3.63) is 0 Å². The van der Waals surface area contributed by atoms with Gasteiger partial charge in [-0.25, -0.2) is 0 Å². The molecule has 1 rings (SSSR count). The molecule has 0 bridgehead atoms. The van der Waals surface area contributed by atoms with Gasteiger partial charge in [-0.15, -0.1) is 0 Å². The molecule has 0 amide bonds. The maximum Gasteiger partial charge on any atom is 0.0558 e. The average molecular weight is 272 g/mol. The second-order valence-corrected chi connectivity index (χ2v) is 5.76. The summed E-state index contributed by atoms with van der Waals surface area (Å²) in [7, 11) is 0. The molecule has 0 saturated heterocycles. The third-order valence-electron chi connectivity index (χ3n) is 4.46. The molecule has 0 aliphatic heterocycles. The van der Waals surface area contributed by atoms with Crippen LogP contribution in [0.1, 0.15) is 39.5 Å². The Hall–Kier alpha value is -0.160. The van der Waals surface area contributed by atoms with Crippen LogP contribution in [0.2, 0.25) is 0 Å². The highest BCUT2D eigenvalue weighted by Crippen LogP contribution is 2.31. The van der Waals surface area contributed by atoms with E-state index in [0.29, 0.717) is 25.0 Å². The van der Waals surface area contributed by atoms with Crippen molar-refractivity contribution in [1.29, 1.82) is 0 Å². The lowest BCUT2D eigenvalue weighted by Gasteiger charge is -2.39. The van der Waals surface area contributed by atoms with Crippen LogP contribution >= 0.6 is 0 Å². The molecule has 1 aliphatic carbocycles. The Morgan fingerprint density at radius 3 is 2.32 bits per heavy atom. The second kappa shape index (κ2) is 9.70. The summed E-state index contributed by atoms with van der Waals surface area (Å²) in [5, 5.41) is 21.9. The summed E-state index contributed by atoms with van der Waals surface area (Å²) in [5.74, 6) is 1.50. The smallest absolute Gasteiger partial charge is 0.0558 e. The molecule has 0 spiro atoms. The van der Waals surface area contributed by atoms with Gasteiger partial charge in [-0.1, -0.05) is 20.3 Å². The van der Waals surface area contributed by atoms with Crippen molar-refractivity contribution in [2.45, 2.75) is 45.6 Å². The molecule has 0 radical (unpaired) electrons. The number of rotatable bonds is 9. The van der Waals surface area contributed by atoms with Gasteiger partial charge < -0.3 is 15.5 Å². The Labute approximate surface area is 118 Å². The third-order valence-corrected chi connectivity index (χ3v) is 4.46. The molecule has 0 aromatic carbocycles. The Morgan fingerprint density at radius 1 is 1.11 bits per heavy atom. The first-order chi connectivity index (χ1) is 9.24. The molecule has 19 heavy (non-hydrogen) atoms. The van der Waals surface area contributed by atoms with E-state index in [0.717, 1.165) is 19.0 Å². The van der Waals surface area contributed by atoms with Crippen molar-refractivity contribution in [3.8, 4) is 0 Å². The molecule has 3 N–H and O–H groups in total. The van der Waals surface area contributed by atoms with Gasteiger partial charge in [0, 0.05) is 25.7 Å². The lowest BCUT2D eigenvalue weighted by atomic mass is 9.76. The van der Waals surface area contributed by atoms with E-state index in [1.165, 1.54) is 25.7 Å². The van der Waals surface area contributed by atoms with Crippen LogP contribution in [-0.4, -0.2) is 60.5 Å². The van der Waals surface area contributed by atoms with E-state index in [2.05, 4.69) is 24.1 Å². The van der Waals surface area contributed by atoms with Gasteiger partial charge in [-0.3, -0.25) is 4.90 Å². The first-order valence-electron chi connectivity index (χ1n) is 7.92. The van der Waals surface area contributed by atoms with Crippen molar-refractivity contribution in [3.63, 3.8) is 0 Å². The van der Waals surface area contributed by atoms with Crippen molar-refractivity contribution in [1.82, 2.24) is 10.2 Å². The van der Waals surface area contributed by atoms with Gasteiger partial charge in [0.05, 0.1) is 13.2 Å². The van der Waals surface area contributed by atoms with Crippen LogP contribution in [0.5, 0.6) is 0 Å². The largest absolute Gasteiger partial charge is 0.395 e. The summed E-state index contributed by atoms with van der Waals surface area (Å²) >= 11 is 0. The summed E-state index contributed by atoms with van der Waals surface area (Å²) in [6.07, 6.45) is 5.16. The van der Waals surface area contributed by atoms with Gasteiger partial charge in [0.2, 0.25) is 0 Å². The summed E-state index contributed by atoms with van der Waals surface area (Å²) in [5.41, 5.74) is 0. The van der Waals surface area contributed by atoms with Crippen LogP contribution in [0.4, 0.5) is 0 Å². The number of nitrogens with one attached hydrogen (secondary N) is 1. The SMILES string of the molecule is CCNC1CCC(CC)CC1CN(CCO)CCO. The molecule has 0 aromatic rings. The van der Waals surface area contributed by atoms with Crippen LogP contribution in [-0.2, 0) is 0 Å². The number of hydrogen-bond donors (Lipinski definition) is 3. The number of hydrogen-bond acceptors (Lipinski definition) is 4. The summed E-state index contributed by atoms with van der Waals surface area (Å²) in [6.45, 7) is 8.18. The maximum atomic E-state index is 9.12. The number of nitrogens with zero attached hydrogens (tertiary/aromatic N) is 1. The Kier molecular flexibility index (Phi) is 8.62. The monoisotopic (exact) mass is 272 g/mol. The van der Waals surface area contributed by atoms with Gasteiger partial charge in [0.1, 0.15) is 0 Å². The molecule has 1 saturated carbocycles. The molecule has 3 unspecified atom stereocenters. The predicted molar refractivity (Wildman–Crippen MR) is 79.2 cm³/mol. The lowest BCUT2D eigenvalue weighted by Crippen LogP contribution is -2.46. The first kappa shape index (κ1) is 16.9. The number of aliphatic hydroxyl groups is 2. The molecule has 1 aliphatic rings. The molecular formula is C15H32N2O2. The topological polar surface area (TPSA) is 55.7 Å². The molecule has 0 heterocycles. The van der Waals surface area contributed by atoms with Crippen molar-refractivity contribution >= 4 is 0 Å². The fourth-order valence-electron chi connectivity index (χ4n) is 3.37. The Morgan fingerprint density at radius 2 is 1.79 bits per heavy atom. The summed E-state index contributed by atoms with van der Waals surface area (Å²) < 4.78 is 0. The van der Waals surface area contributed by atoms with Gasteiger partial charge in [0.15, 0.2) is 0 Å². The van der Waals surface area contributed by atoms with Gasteiger partial charge in [-0.05, 0) is 37.6 Å². The van der Waals surface area contributed by atoms with Crippen molar-refractivity contribution in [2.24, 2.45) is 11.8 Å². The molecule has 114 valence electrons. The fourth-order valence-corrected chi connectivity index (χ4v) is 3.37. The highest BCUT2D eigenvalue weighted by molar-refractivity contribution is 4.86. The fraction of sp³-hybridized carbons (Fsp3) is 1.00. The minimum atomic E-state index is 0.176. The van der Waals surface area contributed by atoms with Crippen LogP contribution in [0.25, 0.3) is 0 Å². The molecule has 0 aromatic heterocycles. The zero-order valence-electron chi connectivity index (χ0n) is 12.6. The van der Waals surface area contributed by atoms with Crippen LogP contribution < -0.4 is 5.32 Å². The highest BCUT2D eigenvalue weighted by Gasteiger charge is 2.30. The van der Waals surface area contributed by atoms with E-state index in [1.807, 2.05) is 0 Å². The Bertz CT molecular complexity index is 220. The van der Waals surface area contributed by atoms with E-state index in [-0.39, 0.29) is 13.2 Å². The van der Waals surface area contributed by atoms with E-state index in [9.17, 15) is 0 Å². The minimum Gasteiger partial charge on any atom is -0.395 e. The van der Waals surface area contributed by atoms with E-state index >= 15 is 0 Å². The molecule has 4 nitrogen and oxygen atoms in total. The maximum absolute atomic E-state index is 9.12. The van der Waals surface area contributed by atoms with E-state index < -0.39 is 0 Å². The van der Waals surface area contributed by atoms with Crippen molar-refractivity contribution < 1.29 is 10.2 Å². The van der Waals surface area contributed by atoms with E-state index in [4.69, 9.17) is 10.2 Å². The number of aliphatic hydroxyl groups excluding tert-OH is 2. The lowest BCUT2D eigenvalue weighted by molar-refractivity contribution is 0.106.